The topological polar surface area (TPSA) is 66.5 Å². The Bertz CT molecular complexity index is 430. The summed E-state index contributed by atoms with van der Waals surface area (Å²) in [7, 11) is 0. The molecule has 1 aliphatic carbocycles. The van der Waals surface area contributed by atoms with Crippen molar-refractivity contribution >= 4 is 57.6 Å². The number of phenolic OH excluding ortho intramolecular Hbond substituents is 1. The summed E-state index contributed by atoms with van der Waals surface area (Å²) < 4.78 is 1.57. The van der Waals surface area contributed by atoms with Crippen LogP contribution in [-0.4, -0.2) is 16.3 Å². The first-order valence-electron chi connectivity index (χ1n) is 6.62. The molecule has 0 aromatic heterocycles. The predicted octanol–water partition coefficient (Wildman–Crippen LogP) is 3.96. The number of rotatable bonds is 3. The molecule has 3 nitrogen and oxygen atoms in total. The largest absolute Gasteiger partial charge is 0.506 e. The summed E-state index contributed by atoms with van der Waals surface area (Å²) in [6.45, 7) is 0. The van der Waals surface area contributed by atoms with Crippen LogP contribution in [-0.2, 0) is 0 Å². The monoisotopic (exact) mass is 523 g/mol. The molecule has 20 heavy (non-hydrogen) atoms. The number of aromatic hydroxyl groups is 1. The van der Waals surface area contributed by atoms with E-state index < -0.39 is 6.10 Å². The molecule has 114 valence electrons. The summed E-state index contributed by atoms with van der Waals surface area (Å²) in [5.74, 6) is 0.609. The molecule has 2 rings (SSSR count). The van der Waals surface area contributed by atoms with E-state index >= 15 is 0 Å². The second-order valence-electron chi connectivity index (χ2n) is 5.25. The first-order chi connectivity index (χ1) is 9.00. The SMILES string of the molecule is Cl.N[C@H](c1cc(I)c(O)c(I)c1)[C@@H](O)C1CCCCC1. The normalized spacial score (nSPS) is 19.2. The Hall–Kier alpha value is 0.690. The molecule has 6 heteroatoms. The van der Waals surface area contributed by atoms with Gasteiger partial charge in [0.15, 0.2) is 0 Å². The zero-order chi connectivity index (χ0) is 14.0. The van der Waals surface area contributed by atoms with E-state index in [1.165, 1.54) is 19.3 Å². The molecule has 1 aromatic carbocycles. The molecule has 0 unspecified atom stereocenters. The fraction of sp³-hybridized carbons (Fsp3) is 0.571. The van der Waals surface area contributed by atoms with Crippen LogP contribution in [0.15, 0.2) is 12.1 Å². The zero-order valence-corrected chi connectivity index (χ0v) is 16.2. The van der Waals surface area contributed by atoms with Crippen LogP contribution < -0.4 is 5.73 Å². The van der Waals surface area contributed by atoms with Crippen LogP contribution in [0.1, 0.15) is 43.7 Å². The minimum absolute atomic E-state index is 0. The second-order valence-corrected chi connectivity index (χ2v) is 7.57. The number of phenols is 1. The minimum Gasteiger partial charge on any atom is -0.506 e. The Labute approximate surface area is 153 Å². The van der Waals surface area contributed by atoms with Crippen LogP contribution in [0.5, 0.6) is 5.75 Å². The fourth-order valence-electron chi connectivity index (χ4n) is 2.74. The molecular weight excluding hydrogens is 503 g/mol. The van der Waals surface area contributed by atoms with Crippen LogP contribution in [0.25, 0.3) is 0 Å². The van der Waals surface area contributed by atoms with E-state index in [-0.39, 0.29) is 18.4 Å². The number of aliphatic hydroxyl groups is 1. The van der Waals surface area contributed by atoms with Crippen LogP contribution in [0.2, 0.25) is 0 Å². The number of hydrogen-bond donors (Lipinski definition) is 3. The van der Waals surface area contributed by atoms with Gasteiger partial charge in [-0.15, -0.1) is 12.4 Å². The maximum atomic E-state index is 10.5. The predicted molar refractivity (Wildman–Crippen MR) is 100 cm³/mol. The third kappa shape index (κ3) is 4.34. The van der Waals surface area contributed by atoms with Gasteiger partial charge >= 0.3 is 0 Å². The summed E-state index contributed by atoms with van der Waals surface area (Å²) in [5.41, 5.74) is 7.13. The number of benzene rings is 1. The summed E-state index contributed by atoms with van der Waals surface area (Å²) in [5, 5.41) is 20.2. The quantitative estimate of drug-likeness (QED) is 0.526. The summed E-state index contributed by atoms with van der Waals surface area (Å²) >= 11 is 4.19. The van der Waals surface area contributed by atoms with Gasteiger partial charge < -0.3 is 15.9 Å². The van der Waals surface area contributed by atoms with Crippen molar-refractivity contribution in [3.8, 4) is 5.75 Å². The Morgan fingerprint density at radius 2 is 1.60 bits per heavy atom. The number of hydrogen-bond acceptors (Lipinski definition) is 3. The van der Waals surface area contributed by atoms with Gasteiger partial charge in [-0.3, -0.25) is 0 Å². The van der Waals surface area contributed by atoms with Crippen molar-refractivity contribution in [2.45, 2.75) is 44.2 Å². The molecule has 0 amide bonds. The van der Waals surface area contributed by atoms with Crippen LogP contribution in [0, 0.1) is 13.1 Å². The molecular formula is C14H20ClI2NO2. The van der Waals surface area contributed by atoms with Crippen molar-refractivity contribution in [2.75, 3.05) is 0 Å². The zero-order valence-electron chi connectivity index (χ0n) is 11.1. The Morgan fingerprint density at radius 3 is 2.10 bits per heavy atom. The Morgan fingerprint density at radius 1 is 1.10 bits per heavy atom. The van der Waals surface area contributed by atoms with Gasteiger partial charge in [-0.2, -0.15) is 0 Å². The highest BCUT2D eigenvalue weighted by Crippen LogP contribution is 2.34. The van der Waals surface area contributed by atoms with Crippen molar-refractivity contribution in [3.63, 3.8) is 0 Å². The van der Waals surface area contributed by atoms with Crippen molar-refractivity contribution in [1.29, 1.82) is 0 Å². The molecule has 1 aromatic rings. The average Bonchev–Trinajstić information content (AvgIpc) is 2.43. The lowest BCUT2D eigenvalue weighted by Gasteiger charge is -2.30. The molecule has 0 radical (unpaired) electrons. The summed E-state index contributed by atoms with van der Waals surface area (Å²) in [4.78, 5) is 0. The smallest absolute Gasteiger partial charge is 0.142 e. The molecule has 1 aliphatic rings. The van der Waals surface area contributed by atoms with E-state index in [4.69, 9.17) is 5.73 Å². The van der Waals surface area contributed by atoms with Crippen LogP contribution >= 0.6 is 57.6 Å². The minimum atomic E-state index is -0.489. The molecule has 0 heterocycles. The van der Waals surface area contributed by atoms with Gasteiger partial charge in [-0.1, -0.05) is 19.3 Å². The van der Waals surface area contributed by atoms with Crippen LogP contribution in [0.4, 0.5) is 0 Å². The molecule has 0 saturated heterocycles. The first-order valence-corrected chi connectivity index (χ1v) is 8.78. The van der Waals surface area contributed by atoms with Gasteiger partial charge in [0.25, 0.3) is 0 Å². The van der Waals surface area contributed by atoms with Gasteiger partial charge in [-0.25, -0.2) is 0 Å². The third-order valence-corrected chi connectivity index (χ3v) is 5.57. The van der Waals surface area contributed by atoms with Gasteiger partial charge in [0.05, 0.1) is 19.3 Å². The van der Waals surface area contributed by atoms with E-state index in [0.717, 1.165) is 25.5 Å². The average molecular weight is 524 g/mol. The standard InChI is InChI=1S/C14H19I2NO2.ClH/c15-10-6-9(7-11(16)14(10)19)12(17)13(18)8-4-2-1-3-5-8;/h6-8,12-13,18-19H,1-5,17H2;1H/t12-,13+;/m1./s1. The van der Waals surface area contributed by atoms with Gasteiger partial charge in [-0.05, 0) is 81.6 Å². The fourth-order valence-corrected chi connectivity index (χ4v) is 4.56. The lowest BCUT2D eigenvalue weighted by Crippen LogP contribution is -2.34. The molecule has 1 fully saturated rings. The number of nitrogens with two attached hydrogens (primary N) is 1. The Balaban J connectivity index is 0.00000200. The summed E-state index contributed by atoms with van der Waals surface area (Å²) in [6, 6.07) is 3.37. The van der Waals surface area contributed by atoms with Crippen molar-refractivity contribution in [2.24, 2.45) is 11.7 Å². The van der Waals surface area contributed by atoms with E-state index in [1.807, 2.05) is 12.1 Å². The van der Waals surface area contributed by atoms with Crippen molar-refractivity contribution in [3.05, 3.63) is 24.8 Å². The highest BCUT2D eigenvalue weighted by Gasteiger charge is 2.28. The van der Waals surface area contributed by atoms with E-state index in [2.05, 4.69) is 45.2 Å². The molecule has 4 N–H and O–H groups in total. The maximum absolute atomic E-state index is 10.5. The molecule has 2 atom stereocenters. The molecule has 0 aliphatic heterocycles. The summed E-state index contributed by atoms with van der Waals surface area (Å²) in [6.07, 6.45) is 5.31. The highest BCUT2D eigenvalue weighted by molar-refractivity contribution is 14.1. The Kier molecular flexibility index (Phi) is 7.83. The van der Waals surface area contributed by atoms with Gasteiger partial charge in [0.1, 0.15) is 5.75 Å². The molecule has 0 bridgehead atoms. The van der Waals surface area contributed by atoms with Gasteiger partial charge in [0.2, 0.25) is 0 Å². The van der Waals surface area contributed by atoms with Crippen LogP contribution in [0.3, 0.4) is 0 Å². The number of halogens is 3. The number of aliphatic hydroxyl groups excluding tert-OH is 1. The van der Waals surface area contributed by atoms with E-state index in [1.54, 1.807) is 0 Å². The van der Waals surface area contributed by atoms with Crippen molar-refractivity contribution < 1.29 is 10.2 Å². The van der Waals surface area contributed by atoms with E-state index in [0.29, 0.717) is 11.7 Å². The third-order valence-electron chi connectivity index (χ3n) is 3.92. The molecule has 1 saturated carbocycles. The van der Waals surface area contributed by atoms with Gasteiger partial charge in [0, 0.05) is 0 Å². The first kappa shape index (κ1) is 18.7. The maximum Gasteiger partial charge on any atom is 0.142 e. The molecule has 0 spiro atoms. The second kappa shape index (κ2) is 8.36. The lowest BCUT2D eigenvalue weighted by atomic mass is 9.81. The van der Waals surface area contributed by atoms with E-state index in [9.17, 15) is 10.2 Å². The van der Waals surface area contributed by atoms with Crippen molar-refractivity contribution in [1.82, 2.24) is 0 Å². The highest BCUT2D eigenvalue weighted by atomic mass is 127. The lowest BCUT2D eigenvalue weighted by molar-refractivity contribution is 0.0617.